The van der Waals surface area contributed by atoms with Gasteiger partial charge in [0.05, 0.1) is 6.61 Å². The fourth-order valence-electron chi connectivity index (χ4n) is 2.16. The van der Waals surface area contributed by atoms with Crippen LogP contribution in [-0.4, -0.2) is 47.3 Å². The van der Waals surface area contributed by atoms with Crippen molar-refractivity contribution in [3.63, 3.8) is 0 Å². The number of carbonyl (C=O) groups is 2. The maximum Gasteiger partial charge on any atom is 0.249 e. The van der Waals surface area contributed by atoms with Crippen LogP contribution in [0.3, 0.4) is 0 Å². The molecule has 0 aliphatic heterocycles. The highest BCUT2D eigenvalue weighted by atomic mass is 16.3. The van der Waals surface area contributed by atoms with Crippen LogP contribution in [-0.2, 0) is 16.0 Å². The van der Waals surface area contributed by atoms with Crippen LogP contribution in [0.4, 0.5) is 0 Å². The molecule has 0 aromatic heterocycles. The molecule has 0 fully saturated rings. The Morgan fingerprint density at radius 1 is 1.21 bits per heavy atom. The van der Waals surface area contributed by atoms with Crippen LogP contribution in [0.25, 0.3) is 0 Å². The maximum absolute atomic E-state index is 11.9. The number of hydrogen-bond donors (Lipinski definition) is 4. The highest BCUT2D eigenvalue weighted by molar-refractivity contribution is 5.83. The summed E-state index contributed by atoms with van der Waals surface area (Å²) in [7, 11) is 0. The second-order valence-corrected chi connectivity index (χ2v) is 6.75. The molecule has 2 amide bonds. The van der Waals surface area contributed by atoms with Gasteiger partial charge in [-0.2, -0.15) is 0 Å². The van der Waals surface area contributed by atoms with E-state index in [9.17, 15) is 19.8 Å². The van der Waals surface area contributed by atoms with E-state index in [0.717, 1.165) is 12.0 Å². The fraction of sp³-hybridized carbons (Fsp3) is 0.556. The second kappa shape index (κ2) is 9.39. The molecular formula is C18H28N2O4. The summed E-state index contributed by atoms with van der Waals surface area (Å²) in [5, 5.41) is 24.5. The standard InChI is InChI=1S/C18H28N2O4/c1-13(20-17(24)16(23)18(2,3)12-21)11-15(22)19-10-9-14-7-5-4-6-8-14/h4-8,13,16,21,23H,9-12H2,1-3H3,(H,19,22)(H,20,24)/t13?,16-/m0/s1. The summed E-state index contributed by atoms with van der Waals surface area (Å²) in [4.78, 5) is 23.8. The Balaban J connectivity index is 2.32. The largest absolute Gasteiger partial charge is 0.396 e. The average molecular weight is 336 g/mol. The Hall–Kier alpha value is -1.92. The molecule has 134 valence electrons. The summed E-state index contributed by atoms with van der Waals surface area (Å²) in [5.74, 6) is -0.742. The first-order valence-electron chi connectivity index (χ1n) is 8.16. The Bertz CT molecular complexity index is 531. The number of aliphatic hydroxyl groups is 2. The summed E-state index contributed by atoms with van der Waals surface area (Å²) in [6.45, 7) is 5.11. The summed E-state index contributed by atoms with van der Waals surface area (Å²) in [6, 6.07) is 9.44. The van der Waals surface area contributed by atoms with Crippen LogP contribution in [0.1, 0.15) is 32.8 Å². The molecule has 0 saturated heterocycles. The molecule has 1 aromatic carbocycles. The van der Waals surface area contributed by atoms with E-state index >= 15 is 0 Å². The first kappa shape index (κ1) is 20.1. The number of carbonyl (C=O) groups excluding carboxylic acids is 2. The van der Waals surface area contributed by atoms with Gasteiger partial charge in [-0.1, -0.05) is 44.2 Å². The smallest absolute Gasteiger partial charge is 0.249 e. The molecule has 0 aliphatic carbocycles. The highest BCUT2D eigenvalue weighted by Gasteiger charge is 2.33. The van der Waals surface area contributed by atoms with Crippen molar-refractivity contribution in [2.45, 2.75) is 45.8 Å². The summed E-state index contributed by atoms with van der Waals surface area (Å²) in [6.07, 6.45) is -0.449. The van der Waals surface area contributed by atoms with Crippen molar-refractivity contribution in [3.05, 3.63) is 35.9 Å². The number of benzene rings is 1. The van der Waals surface area contributed by atoms with Gasteiger partial charge in [0.25, 0.3) is 0 Å². The van der Waals surface area contributed by atoms with Crippen molar-refractivity contribution in [1.82, 2.24) is 10.6 Å². The van der Waals surface area contributed by atoms with Gasteiger partial charge in [0.1, 0.15) is 6.10 Å². The molecule has 0 spiro atoms. The highest BCUT2D eigenvalue weighted by Crippen LogP contribution is 2.19. The van der Waals surface area contributed by atoms with Crippen LogP contribution in [0, 0.1) is 5.41 Å². The quantitative estimate of drug-likeness (QED) is 0.531. The maximum atomic E-state index is 11.9. The van der Waals surface area contributed by atoms with Gasteiger partial charge >= 0.3 is 0 Å². The molecule has 0 saturated carbocycles. The second-order valence-electron chi connectivity index (χ2n) is 6.75. The van der Waals surface area contributed by atoms with E-state index in [2.05, 4.69) is 10.6 Å². The minimum absolute atomic E-state index is 0.132. The SMILES string of the molecule is CC(CC(=O)NCCc1ccccc1)NC(=O)[C@H](O)C(C)(C)CO. The fourth-order valence-corrected chi connectivity index (χ4v) is 2.16. The van der Waals surface area contributed by atoms with Crippen molar-refractivity contribution in [2.75, 3.05) is 13.2 Å². The van der Waals surface area contributed by atoms with Gasteiger partial charge in [0.15, 0.2) is 0 Å². The first-order chi connectivity index (χ1) is 11.3. The zero-order chi connectivity index (χ0) is 18.2. The predicted octanol–water partition coefficient (Wildman–Crippen LogP) is 0.619. The third-order valence-corrected chi connectivity index (χ3v) is 3.85. The van der Waals surface area contributed by atoms with Gasteiger partial charge in [0, 0.05) is 24.4 Å². The Labute approximate surface area is 143 Å². The third-order valence-electron chi connectivity index (χ3n) is 3.85. The van der Waals surface area contributed by atoms with Gasteiger partial charge in [-0.05, 0) is 18.9 Å². The minimum atomic E-state index is -1.33. The summed E-state index contributed by atoms with van der Waals surface area (Å²) >= 11 is 0. The molecule has 0 aliphatic rings. The topological polar surface area (TPSA) is 98.7 Å². The van der Waals surface area contributed by atoms with Crippen LogP contribution in [0.2, 0.25) is 0 Å². The molecule has 1 rings (SSSR count). The number of hydrogen-bond acceptors (Lipinski definition) is 4. The summed E-state index contributed by atoms with van der Waals surface area (Å²) < 4.78 is 0. The van der Waals surface area contributed by atoms with Crippen molar-refractivity contribution >= 4 is 11.8 Å². The lowest BCUT2D eigenvalue weighted by Crippen LogP contribution is -2.49. The zero-order valence-electron chi connectivity index (χ0n) is 14.6. The Kier molecular flexibility index (Phi) is 7.88. The number of nitrogens with one attached hydrogen (secondary N) is 2. The lowest BCUT2D eigenvalue weighted by Gasteiger charge is -2.28. The molecule has 0 radical (unpaired) electrons. The molecule has 4 N–H and O–H groups in total. The van der Waals surface area contributed by atoms with E-state index in [-0.39, 0.29) is 18.9 Å². The Morgan fingerprint density at radius 3 is 2.42 bits per heavy atom. The molecule has 1 unspecified atom stereocenters. The number of aliphatic hydroxyl groups excluding tert-OH is 2. The first-order valence-corrected chi connectivity index (χ1v) is 8.16. The average Bonchev–Trinajstić information content (AvgIpc) is 2.54. The number of rotatable bonds is 9. The van der Waals surface area contributed by atoms with Gasteiger partial charge in [0.2, 0.25) is 11.8 Å². The molecular weight excluding hydrogens is 308 g/mol. The van der Waals surface area contributed by atoms with Gasteiger partial charge < -0.3 is 20.8 Å². The molecule has 24 heavy (non-hydrogen) atoms. The van der Waals surface area contributed by atoms with Crippen molar-refractivity contribution in [2.24, 2.45) is 5.41 Å². The van der Waals surface area contributed by atoms with E-state index in [1.807, 2.05) is 30.3 Å². The summed E-state index contributed by atoms with van der Waals surface area (Å²) in [5.41, 5.74) is 0.218. The third kappa shape index (κ3) is 6.68. The molecule has 0 heterocycles. The number of amides is 2. The molecule has 1 aromatic rings. The Morgan fingerprint density at radius 2 is 1.83 bits per heavy atom. The van der Waals surface area contributed by atoms with E-state index in [4.69, 9.17) is 0 Å². The molecule has 6 heteroatoms. The predicted molar refractivity (Wildman–Crippen MR) is 92.3 cm³/mol. The molecule has 2 atom stereocenters. The van der Waals surface area contributed by atoms with Crippen LogP contribution >= 0.6 is 0 Å². The normalized spacial score (nSPS) is 13.9. The molecule has 6 nitrogen and oxygen atoms in total. The molecule has 0 bridgehead atoms. The van der Waals surface area contributed by atoms with Gasteiger partial charge in [-0.3, -0.25) is 9.59 Å². The van der Waals surface area contributed by atoms with Crippen LogP contribution < -0.4 is 10.6 Å². The van der Waals surface area contributed by atoms with Gasteiger partial charge in [-0.25, -0.2) is 0 Å². The van der Waals surface area contributed by atoms with Crippen LogP contribution in [0.15, 0.2) is 30.3 Å². The lowest BCUT2D eigenvalue weighted by molar-refractivity contribution is -0.137. The van der Waals surface area contributed by atoms with Crippen molar-refractivity contribution in [3.8, 4) is 0 Å². The monoisotopic (exact) mass is 336 g/mol. The van der Waals surface area contributed by atoms with Gasteiger partial charge in [-0.15, -0.1) is 0 Å². The van der Waals surface area contributed by atoms with Crippen molar-refractivity contribution < 1.29 is 19.8 Å². The van der Waals surface area contributed by atoms with Crippen LogP contribution in [0.5, 0.6) is 0 Å². The van der Waals surface area contributed by atoms with E-state index < -0.39 is 23.5 Å². The van der Waals surface area contributed by atoms with Crippen molar-refractivity contribution in [1.29, 1.82) is 0 Å². The van der Waals surface area contributed by atoms with E-state index in [1.165, 1.54) is 0 Å². The van der Waals surface area contributed by atoms with E-state index in [1.54, 1.807) is 20.8 Å². The zero-order valence-corrected chi connectivity index (χ0v) is 14.6. The van der Waals surface area contributed by atoms with E-state index in [0.29, 0.717) is 6.54 Å². The minimum Gasteiger partial charge on any atom is -0.396 e. The lowest BCUT2D eigenvalue weighted by atomic mass is 9.87.